The van der Waals surface area contributed by atoms with Gasteiger partial charge in [-0.25, -0.2) is 9.97 Å². The van der Waals surface area contributed by atoms with E-state index in [1.54, 1.807) is 0 Å². The number of unbranched alkanes of at least 4 members (excludes halogenated alkanes) is 2. The zero-order valence-electron chi connectivity index (χ0n) is 15.7. The third-order valence-corrected chi connectivity index (χ3v) is 5.50. The van der Waals surface area contributed by atoms with E-state index in [0.29, 0.717) is 18.3 Å². The molecule has 1 aliphatic rings. The number of imidazole rings is 1. The van der Waals surface area contributed by atoms with Crippen LogP contribution in [0, 0.1) is 0 Å². The summed E-state index contributed by atoms with van der Waals surface area (Å²) in [6.07, 6.45) is 10.2. The van der Waals surface area contributed by atoms with E-state index >= 15 is 0 Å². The van der Waals surface area contributed by atoms with Gasteiger partial charge in [-0.3, -0.25) is 4.79 Å². The van der Waals surface area contributed by atoms with Crippen LogP contribution in [0.5, 0.6) is 0 Å². The van der Waals surface area contributed by atoms with Crippen molar-refractivity contribution in [3.63, 3.8) is 0 Å². The van der Waals surface area contributed by atoms with Gasteiger partial charge < -0.3 is 15.6 Å². The maximum absolute atomic E-state index is 12.0. The van der Waals surface area contributed by atoms with E-state index < -0.39 is 0 Å². The second-order valence-electron chi connectivity index (χ2n) is 7.51. The molecule has 3 N–H and O–H groups in total. The molecule has 0 spiro atoms. The number of nitrogens with one attached hydrogen (secondary N) is 1. The maximum atomic E-state index is 12.0. The van der Waals surface area contributed by atoms with Crippen molar-refractivity contribution in [2.45, 2.75) is 64.0 Å². The topological polar surface area (TPSA) is 85.8 Å². The Bertz CT molecular complexity index is 942. The fraction of sp³-hybridized carbons (Fsp3) is 0.476. The highest BCUT2D eigenvalue weighted by Gasteiger charge is 2.16. The van der Waals surface area contributed by atoms with Crippen molar-refractivity contribution in [3.8, 4) is 0 Å². The number of carbonyl (C=O) groups is 1. The molecule has 6 nitrogen and oxygen atoms in total. The van der Waals surface area contributed by atoms with Crippen molar-refractivity contribution in [1.82, 2.24) is 19.9 Å². The summed E-state index contributed by atoms with van der Waals surface area (Å²) >= 11 is 0. The number of nitrogens with zero attached hydrogens (tertiary/aromatic N) is 3. The van der Waals surface area contributed by atoms with Gasteiger partial charge in [0.2, 0.25) is 5.91 Å². The molecule has 1 fully saturated rings. The molecule has 0 aliphatic heterocycles. The Hall–Kier alpha value is -2.63. The smallest absolute Gasteiger partial charge is 0.220 e. The van der Waals surface area contributed by atoms with E-state index in [1.807, 2.05) is 24.5 Å². The van der Waals surface area contributed by atoms with Gasteiger partial charge in [-0.15, -0.1) is 0 Å². The molecule has 0 saturated heterocycles. The summed E-state index contributed by atoms with van der Waals surface area (Å²) < 4.78 is 2.16. The molecule has 142 valence electrons. The molecule has 0 bridgehead atoms. The molecule has 1 aliphatic carbocycles. The van der Waals surface area contributed by atoms with Crippen LogP contribution in [0.3, 0.4) is 0 Å². The number of hydrogen-bond acceptors (Lipinski definition) is 4. The fourth-order valence-electron chi connectivity index (χ4n) is 4.09. The second kappa shape index (κ2) is 7.94. The summed E-state index contributed by atoms with van der Waals surface area (Å²) in [6, 6.07) is 8.45. The molecule has 0 unspecified atom stereocenters. The van der Waals surface area contributed by atoms with E-state index in [9.17, 15) is 4.79 Å². The lowest BCUT2D eigenvalue weighted by Gasteiger charge is -2.11. The lowest BCUT2D eigenvalue weighted by Crippen LogP contribution is -2.32. The van der Waals surface area contributed by atoms with E-state index in [1.165, 1.54) is 12.8 Å². The number of pyridine rings is 1. The Morgan fingerprint density at radius 2 is 2.00 bits per heavy atom. The van der Waals surface area contributed by atoms with Gasteiger partial charge in [0.15, 0.2) is 5.82 Å². The molecule has 0 radical (unpaired) electrons. The predicted molar refractivity (Wildman–Crippen MR) is 108 cm³/mol. The van der Waals surface area contributed by atoms with Crippen molar-refractivity contribution < 1.29 is 4.79 Å². The quantitative estimate of drug-likeness (QED) is 0.624. The van der Waals surface area contributed by atoms with Crippen LogP contribution < -0.4 is 11.1 Å². The number of nitrogens with two attached hydrogens (primary N) is 1. The molecule has 1 aromatic carbocycles. The summed E-state index contributed by atoms with van der Waals surface area (Å²) in [5.41, 5.74) is 8.80. The van der Waals surface area contributed by atoms with Gasteiger partial charge in [0, 0.05) is 24.4 Å². The van der Waals surface area contributed by atoms with Gasteiger partial charge in [0.25, 0.3) is 0 Å². The minimum absolute atomic E-state index is 0.208. The van der Waals surface area contributed by atoms with Crippen molar-refractivity contribution in [3.05, 3.63) is 30.6 Å². The number of fused-ring (bicyclic) bond motifs is 3. The zero-order chi connectivity index (χ0) is 18.6. The van der Waals surface area contributed by atoms with Crippen molar-refractivity contribution in [2.75, 3.05) is 5.73 Å². The molecule has 3 aromatic rings. The van der Waals surface area contributed by atoms with Crippen LogP contribution in [0.15, 0.2) is 30.6 Å². The lowest BCUT2D eigenvalue weighted by atomic mass is 10.1. The number of aromatic nitrogens is 3. The first kappa shape index (κ1) is 17.8. The number of nitrogen functional groups attached to an aromatic ring is 1. The third-order valence-electron chi connectivity index (χ3n) is 5.50. The molecular weight excluding hydrogens is 338 g/mol. The van der Waals surface area contributed by atoms with Gasteiger partial charge in [0.1, 0.15) is 5.52 Å². The van der Waals surface area contributed by atoms with Crippen molar-refractivity contribution in [2.24, 2.45) is 0 Å². The Labute approximate surface area is 159 Å². The summed E-state index contributed by atoms with van der Waals surface area (Å²) in [6.45, 7) is 0.869. The van der Waals surface area contributed by atoms with Gasteiger partial charge in [-0.2, -0.15) is 0 Å². The molecule has 0 atom stereocenters. The van der Waals surface area contributed by atoms with Crippen LogP contribution in [-0.4, -0.2) is 26.5 Å². The zero-order valence-corrected chi connectivity index (χ0v) is 15.7. The van der Waals surface area contributed by atoms with Gasteiger partial charge in [0.05, 0.1) is 17.4 Å². The normalized spacial score (nSPS) is 15.0. The van der Waals surface area contributed by atoms with Crippen LogP contribution in [0.2, 0.25) is 0 Å². The van der Waals surface area contributed by atoms with Gasteiger partial charge in [-0.1, -0.05) is 37.5 Å². The first-order valence-electron chi connectivity index (χ1n) is 10.0. The number of rotatable bonds is 7. The second-order valence-corrected chi connectivity index (χ2v) is 7.51. The molecule has 4 rings (SSSR count). The highest BCUT2D eigenvalue weighted by atomic mass is 16.1. The Morgan fingerprint density at radius 1 is 1.19 bits per heavy atom. The Balaban J connectivity index is 1.33. The average Bonchev–Trinajstić information content (AvgIpc) is 3.32. The van der Waals surface area contributed by atoms with Gasteiger partial charge in [-0.05, 0) is 31.7 Å². The highest BCUT2D eigenvalue weighted by Crippen LogP contribution is 2.27. The molecule has 6 heteroatoms. The Morgan fingerprint density at radius 3 is 2.85 bits per heavy atom. The SMILES string of the molecule is Nc1nc2ccccc2c2c1ncn2CCCCCC(=O)NC1CCCC1. The molecule has 27 heavy (non-hydrogen) atoms. The molecular formula is C21H27N5O. The van der Waals surface area contributed by atoms with Crippen LogP contribution in [0.4, 0.5) is 5.82 Å². The van der Waals surface area contributed by atoms with E-state index in [4.69, 9.17) is 5.73 Å². The molecule has 2 aromatic heterocycles. The monoisotopic (exact) mass is 365 g/mol. The molecule has 2 heterocycles. The number of anilines is 1. The number of amides is 1. The number of benzene rings is 1. The standard InChI is InChI=1S/C21H27N5O/c22-21-19-20(16-10-5-6-11-17(16)25-21)26(14-23-19)13-7-1-2-12-18(27)24-15-8-3-4-9-15/h5-6,10-11,14-15H,1-4,7-9,12-13H2,(H2,22,25)(H,24,27). The largest absolute Gasteiger partial charge is 0.382 e. The van der Waals surface area contributed by atoms with E-state index in [-0.39, 0.29) is 5.91 Å². The first-order chi connectivity index (χ1) is 13.2. The highest BCUT2D eigenvalue weighted by molar-refractivity contribution is 6.06. The number of carbonyl (C=O) groups excluding carboxylic acids is 1. The number of para-hydroxylation sites is 1. The fourth-order valence-corrected chi connectivity index (χ4v) is 4.09. The summed E-state index contributed by atoms with van der Waals surface area (Å²) in [5.74, 6) is 0.686. The van der Waals surface area contributed by atoms with Crippen molar-refractivity contribution >= 4 is 33.7 Å². The summed E-state index contributed by atoms with van der Waals surface area (Å²) in [5, 5.41) is 4.24. The summed E-state index contributed by atoms with van der Waals surface area (Å²) in [4.78, 5) is 20.9. The van der Waals surface area contributed by atoms with Crippen LogP contribution in [0.1, 0.15) is 51.4 Å². The molecule has 1 amide bonds. The molecule has 1 saturated carbocycles. The first-order valence-corrected chi connectivity index (χ1v) is 10.0. The number of aryl methyl sites for hydroxylation is 1. The third kappa shape index (κ3) is 3.89. The maximum Gasteiger partial charge on any atom is 0.220 e. The average molecular weight is 365 g/mol. The van der Waals surface area contributed by atoms with E-state index in [0.717, 1.165) is 60.6 Å². The predicted octanol–water partition coefficient (Wildman–Crippen LogP) is 3.79. The van der Waals surface area contributed by atoms with Crippen LogP contribution >= 0.6 is 0 Å². The number of hydrogen-bond donors (Lipinski definition) is 2. The van der Waals surface area contributed by atoms with E-state index in [2.05, 4.69) is 25.9 Å². The Kier molecular flexibility index (Phi) is 5.23. The van der Waals surface area contributed by atoms with Gasteiger partial charge >= 0.3 is 0 Å². The van der Waals surface area contributed by atoms with Crippen LogP contribution in [-0.2, 0) is 11.3 Å². The van der Waals surface area contributed by atoms with Crippen molar-refractivity contribution in [1.29, 1.82) is 0 Å². The lowest BCUT2D eigenvalue weighted by molar-refractivity contribution is -0.121. The minimum Gasteiger partial charge on any atom is -0.382 e. The summed E-state index contributed by atoms with van der Waals surface area (Å²) in [7, 11) is 0. The van der Waals surface area contributed by atoms with Crippen LogP contribution in [0.25, 0.3) is 21.9 Å². The minimum atomic E-state index is 0.208.